The second-order valence-corrected chi connectivity index (χ2v) is 7.76. The third-order valence-electron chi connectivity index (χ3n) is 5.73. The van der Waals surface area contributed by atoms with Gasteiger partial charge in [-0.3, -0.25) is 9.59 Å². The molecule has 4 rings (SSSR count). The van der Waals surface area contributed by atoms with Crippen LogP contribution in [0.5, 0.6) is 5.75 Å². The molecule has 0 aliphatic carbocycles. The number of aryl methyl sites for hydroxylation is 1. The van der Waals surface area contributed by atoms with Crippen molar-refractivity contribution in [3.63, 3.8) is 0 Å². The zero-order chi connectivity index (χ0) is 22.1. The summed E-state index contributed by atoms with van der Waals surface area (Å²) in [6, 6.07) is 18.4. The van der Waals surface area contributed by atoms with E-state index in [1.54, 1.807) is 17.0 Å². The Morgan fingerprint density at radius 3 is 2.55 bits per heavy atom. The molecule has 5 heteroatoms. The Morgan fingerprint density at radius 2 is 1.81 bits per heavy atom. The lowest BCUT2D eigenvalue weighted by Crippen LogP contribution is -2.30. The van der Waals surface area contributed by atoms with Gasteiger partial charge >= 0.3 is 0 Å². The Bertz CT molecular complexity index is 1210. The summed E-state index contributed by atoms with van der Waals surface area (Å²) in [4.78, 5) is 27.7. The molecule has 5 nitrogen and oxygen atoms in total. The van der Waals surface area contributed by atoms with Gasteiger partial charge in [0.2, 0.25) is 0 Å². The number of amides is 1. The molecule has 0 bridgehead atoms. The molecule has 3 aromatic rings. The van der Waals surface area contributed by atoms with E-state index in [9.17, 15) is 14.7 Å². The van der Waals surface area contributed by atoms with Gasteiger partial charge in [0.1, 0.15) is 11.5 Å². The maximum Gasteiger partial charge on any atom is 0.295 e. The lowest BCUT2D eigenvalue weighted by Gasteiger charge is -2.26. The number of ketones is 1. The first-order valence-corrected chi connectivity index (χ1v) is 10.4. The molecule has 1 aliphatic rings. The van der Waals surface area contributed by atoms with E-state index in [0.29, 0.717) is 24.3 Å². The Morgan fingerprint density at radius 1 is 1.06 bits per heavy atom. The van der Waals surface area contributed by atoms with Crippen molar-refractivity contribution in [3.8, 4) is 5.75 Å². The molecule has 1 heterocycles. The van der Waals surface area contributed by atoms with Gasteiger partial charge in [0, 0.05) is 6.54 Å². The van der Waals surface area contributed by atoms with E-state index in [1.165, 1.54) is 7.11 Å². The predicted molar refractivity (Wildman–Crippen MR) is 121 cm³/mol. The monoisotopic (exact) mass is 415 g/mol. The smallest absolute Gasteiger partial charge is 0.295 e. The Labute approximate surface area is 181 Å². The second kappa shape index (κ2) is 8.26. The van der Waals surface area contributed by atoms with Crippen molar-refractivity contribution in [2.75, 3.05) is 13.7 Å². The van der Waals surface area contributed by atoms with Crippen LogP contribution in [0.25, 0.3) is 16.5 Å². The standard InChI is InChI=1S/C26H25NO4/c1-4-14-27-23(19-11-7-9-17-8-5-6-10-18(17)19)22(25(29)26(27)30)24(28)20-15-16(2)12-13-21(20)31-3/h5-13,15,23,28H,4,14H2,1-3H3/b24-22+. The van der Waals surface area contributed by atoms with Crippen molar-refractivity contribution in [2.45, 2.75) is 26.3 Å². The van der Waals surface area contributed by atoms with Crippen LogP contribution < -0.4 is 4.74 Å². The summed E-state index contributed by atoms with van der Waals surface area (Å²) in [7, 11) is 1.51. The number of methoxy groups -OCH3 is 1. The van der Waals surface area contributed by atoms with Gasteiger partial charge < -0.3 is 14.7 Å². The highest BCUT2D eigenvalue weighted by molar-refractivity contribution is 6.46. The van der Waals surface area contributed by atoms with E-state index >= 15 is 0 Å². The molecular formula is C26H25NO4. The summed E-state index contributed by atoms with van der Waals surface area (Å²) in [5.41, 5.74) is 2.23. The van der Waals surface area contributed by atoms with E-state index in [2.05, 4.69) is 0 Å². The molecule has 3 aromatic carbocycles. The molecule has 0 radical (unpaired) electrons. The number of aliphatic hydroxyl groups excluding tert-OH is 1. The van der Waals surface area contributed by atoms with Crippen molar-refractivity contribution in [3.05, 3.63) is 82.9 Å². The first-order valence-electron chi connectivity index (χ1n) is 10.4. The molecule has 0 aromatic heterocycles. The fraction of sp³-hybridized carbons (Fsp3) is 0.231. The first-order chi connectivity index (χ1) is 15.0. The van der Waals surface area contributed by atoms with Crippen molar-refractivity contribution >= 4 is 28.2 Å². The third kappa shape index (κ3) is 3.46. The highest BCUT2D eigenvalue weighted by Gasteiger charge is 2.46. The Balaban J connectivity index is 2.01. The number of carbonyl (C=O) groups excluding carboxylic acids is 2. The number of benzene rings is 3. The Kier molecular flexibility index (Phi) is 5.51. The highest BCUT2D eigenvalue weighted by Crippen LogP contribution is 2.43. The number of aliphatic hydroxyl groups is 1. The summed E-state index contributed by atoms with van der Waals surface area (Å²) in [5, 5.41) is 13.3. The normalized spacial score (nSPS) is 18.0. The molecule has 0 saturated carbocycles. The van der Waals surface area contributed by atoms with Gasteiger partial charge in [-0.2, -0.15) is 0 Å². The van der Waals surface area contributed by atoms with Crippen LogP contribution in [0.2, 0.25) is 0 Å². The number of likely N-dealkylation sites (tertiary alicyclic amines) is 1. The SMILES string of the molecule is CCCN1C(=O)C(=O)/C(=C(/O)c2cc(C)ccc2OC)C1c1cccc2ccccc12. The van der Waals surface area contributed by atoms with Crippen LogP contribution in [-0.2, 0) is 9.59 Å². The van der Waals surface area contributed by atoms with Gasteiger partial charge in [0.25, 0.3) is 11.7 Å². The van der Waals surface area contributed by atoms with Gasteiger partial charge in [-0.1, -0.05) is 61.0 Å². The van der Waals surface area contributed by atoms with E-state index in [0.717, 1.165) is 21.9 Å². The number of carbonyl (C=O) groups is 2. The van der Waals surface area contributed by atoms with Crippen LogP contribution in [0, 0.1) is 6.92 Å². The molecule has 31 heavy (non-hydrogen) atoms. The molecule has 1 N–H and O–H groups in total. The second-order valence-electron chi connectivity index (χ2n) is 7.76. The minimum Gasteiger partial charge on any atom is -0.507 e. The number of hydrogen-bond donors (Lipinski definition) is 1. The molecule has 0 spiro atoms. The largest absolute Gasteiger partial charge is 0.507 e. The number of hydrogen-bond acceptors (Lipinski definition) is 4. The molecule has 1 fully saturated rings. The van der Waals surface area contributed by atoms with E-state index in [-0.39, 0.29) is 11.3 Å². The van der Waals surface area contributed by atoms with E-state index in [1.807, 2.05) is 62.4 Å². The minimum atomic E-state index is -0.674. The maximum absolute atomic E-state index is 13.2. The molecule has 1 saturated heterocycles. The summed E-state index contributed by atoms with van der Waals surface area (Å²) in [5.74, 6) is -1.03. The van der Waals surface area contributed by atoms with Crippen LogP contribution in [0.15, 0.2) is 66.2 Å². The van der Waals surface area contributed by atoms with E-state index in [4.69, 9.17) is 4.74 Å². The number of rotatable bonds is 5. The third-order valence-corrected chi connectivity index (χ3v) is 5.73. The quantitative estimate of drug-likeness (QED) is 0.362. The zero-order valence-corrected chi connectivity index (χ0v) is 17.9. The van der Waals surface area contributed by atoms with Crippen molar-refractivity contribution in [1.82, 2.24) is 4.90 Å². The lowest BCUT2D eigenvalue weighted by atomic mass is 9.91. The summed E-state index contributed by atoms with van der Waals surface area (Å²) >= 11 is 0. The molecule has 1 aliphatic heterocycles. The minimum absolute atomic E-state index is 0.0960. The fourth-order valence-electron chi connectivity index (χ4n) is 4.32. The van der Waals surface area contributed by atoms with Crippen LogP contribution in [-0.4, -0.2) is 35.4 Å². The summed E-state index contributed by atoms with van der Waals surface area (Å²) in [6.07, 6.45) is 0.697. The zero-order valence-electron chi connectivity index (χ0n) is 17.9. The number of Topliss-reactive ketones (excluding diaryl/α,β-unsaturated/α-hetero) is 1. The lowest BCUT2D eigenvalue weighted by molar-refractivity contribution is -0.139. The van der Waals surface area contributed by atoms with Gasteiger partial charge in [0.15, 0.2) is 0 Å². The topological polar surface area (TPSA) is 66.8 Å². The highest BCUT2D eigenvalue weighted by atomic mass is 16.5. The number of ether oxygens (including phenoxy) is 1. The van der Waals surface area contributed by atoms with Gasteiger partial charge in [-0.05, 0) is 41.8 Å². The molecule has 1 atom stereocenters. The number of nitrogens with zero attached hydrogens (tertiary/aromatic N) is 1. The van der Waals surface area contributed by atoms with Crippen molar-refractivity contribution in [2.24, 2.45) is 0 Å². The van der Waals surface area contributed by atoms with Crippen LogP contribution in [0.1, 0.15) is 36.1 Å². The molecule has 158 valence electrons. The van der Waals surface area contributed by atoms with Crippen molar-refractivity contribution in [1.29, 1.82) is 0 Å². The first kappa shape index (κ1) is 20.7. The predicted octanol–water partition coefficient (Wildman–Crippen LogP) is 4.99. The summed E-state index contributed by atoms with van der Waals surface area (Å²) in [6.45, 7) is 4.28. The van der Waals surface area contributed by atoms with Crippen LogP contribution in [0.4, 0.5) is 0 Å². The average Bonchev–Trinajstić information content (AvgIpc) is 3.03. The molecule has 1 unspecified atom stereocenters. The Hall–Kier alpha value is -3.60. The fourth-order valence-corrected chi connectivity index (χ4v) is 4.32. The maximum atomic E-state index is 13.2. The van der Waals surface area contributed by atoms with Gasteiger partial charge in [-0.25, -0.2) is 0 Å². The van der Waals surface area contributed by atoms with E-state index < -0.39 is 17.7 Å². The molecule has 1 amide bonds. The van der Waals surface area contributed by atoms with Gasteiger partial charge in [-0.15, -0.1) is 0 Å². The number of fused-ring (bicyclic) bond motifs is 1. The average molecular weight is 415 g/mol. The summed E-state index contributed by atoms with van der Waals surface area (Å²) < 4.78 is 5.42. The van der Waals surface area contributed by atoms with Crippen molar-refractivity contribution < 1.29 is 19.4 Å². The van der Waals surface area contributed by atoms with Crippen LogP contribution in [0.3, 0.4) is 0 Å². The van der Waals surface area contributed by atoms with Gasteiger partial charge in [0.05, 0.1) is 24.3 Å². The molecular weight excluding hydrogens is 390 g/mol. The van der Waals surface area contributed by atoms with Crippen LogP contribution >= 0.6 is 0 Å².